The molecule has 2 heterocycles. The van der Waals surface area contributed by atoms with Crippen molar-refractivity contribution in [2.75, 3.05) is 26.2 Å². The van der Waals surface area contributed by atoms with Gasteiger partial charge in [-0.2, -0.15) is 5.10 Å². The molecule has 0 saturated carbocycles. The quantitative estimate of drug-likeness (QED) is 0.649. The maximum absolute atomic E-state index is 13.5. The zero-order chi connectivity index (χ0) is 22.0. The predicted molar refractivity (Wildman–Crippen MR) is 121 cm³/mol. The normalized spacial score (nSPS) is 14.0. The summed E-state index contributed by atoms with van der Waals surface area (Å²) in [5.41, 5.74) is 5.41. The lowest BCUT2D eigenvalue weighted by Gasteiger charge is -2.34. The number of hydrogen-bond donors (Lipinski definition) is 0. The van der Waals surface area contributed by atoms with Gasteiger partial charge in [-0.15, -0.1) is 0 Å². The Morgan fingerprint density at radius 2 is 1.61 bits per heavy atom. The molecule has 0 unspecified atom stereocenters. The summed E-state index contributed by atoms with van der Waals surface area (Å²) in [6.07, 6.45) is 2.32. The van der Waals surface area contributed by atoms with Gasteiger partial charge in [-0.3, -0.25) is 9.59 Å². The number of piperazine rings is 1. The highest BCUT2D eigenvalue weighted by molar-refractivity contribution is 6.00. The second-order valence-corrected chi connectivity index (χ2v) is 8.02. The van der Waals surface area contributed by atoms with E-state index in [0.29, 0.717) is 43.9 Å². The maximum atomic E-state index is 13.5. The lowest BCUT2D eigenvalue weighted by molar-refractivity contribution is -0.132. The maximum Gasteiger partial charge on any atom is 0.257 e. The highest BCUT2D eigenvalue weighted by atomic mass is 16.2. The van der Waals surface area contributed by atoms with E-state index in [1.54, 1.807) is 4.68 Å². The summed E-state index contributed by atoms with van der Waals surface area (Å²) < 4.78 is 1.78. The van der Waals surface area contributed by atoms with E-state index in [-0.39, 0.29) is 11.8 Å². The Hall–Kier alpha value is -3.41. The Morgan fingerprint density at radius 1 is 0.935 bits per heavy atom. The molecule has 1 fully saturated rings. The number of benzene rings is 2. The van der Waals surface area contributed by atoms with E-state index in [1.165, 1.54) is 5.56 Å². The van der Waals surface area contributed by atoms with E-state index in [2.05, 4.69) is 13.0 Å². The minimum absolute atomic E-state index is 0.0410. The Kier molecular flexibility index (Phi) is 5.89. The summed E-state index contributed by atoms with van der Waals surface area (Å²) in [6.45, 7) is 8.19. The average molecular weight is 417 g/mol. The van der Waals surface area contributed by atoms with Crippen molar-refractivity contribution in [1.82, 2.24) is 19.6 Å². The number of para-hydroxylation sites is 1. The summed E-state index contributed by atoms with van der Waals surface area (Å²) in [5, 5.41) is 4.82. The number of hydrogen-bond acceptors (Lipinski definition) is 3. The second kappa shape index (κ2) is 8.76. The average Bonchev–Trinajstić information content (AvgIpc) is 3.24. The zero-order valence-corrected chi connectivity index (χ0v) is 18.3. The monoisotopic (exact) mass is 416 g/mol. The third kappa shape index (κ3) is 4.24. The first-order valence-electron chi connectivity index (χ1n) is 10.8. The summed E-state index contributed by atoms with van der Waals surface area (Å²) >= 11 is 0. The zero-order valence-electron chi connectivity index (χ0n) is 18.3. The molecular formula is C25H28N4O2. The number of nitrogens with zero attached hydrogens (tertiary/aromatic N) is 4. The molecule has 0 radical (unpaired) electrons. The van der Waals surface area contributed by atoms with Crippen LogP contribution >= 0.6 is 0 Å². The topological polar surface area (TPSA) is 58.4 Å². The first-order chi connectivity index (χ1) is 15.0. The molecule has 0 aliphatic carbocycles. The van der Waals surface area contributed by atoms with Gasteiger partial charge in [0.05, 0.1) is 11.3 Å². The molecule has 0 N–H and O–H groups in total. The van der Waals surface area contributed by atoms with Gasteiger partial charge >= 0.3 is 0 Å². The van der Waals surface area contributed by atoms with E-state index in [9.17, 15) is 9.59 Å². The van der Waals surface area contributed by atoms with Crippen LogP contribution in [0.2, 0.25) is 0 Å². The van der Waals surface area contributed by atoms with Crippen LogP contribution in [-0.2, 0) is 4.79 Å². The van der Waals surface area contributed by atoms with E-state index in [4.69, 9.17) is 5.10 Å². The lowest BCUT2D eigenvalue weighted by Crippen LogP contribution is -2.50. The van der Waals surface area contributed by atoms with Crippen molar-refractivity contribution in [2.45, 2.75) is 27.2 Å². The predicted octanol–water partition coefficient (Wildman–Crippen LogP) is 3.85. The highest BCUT2D eigenvalue weighted by Gasteiger charge is 2.28. The third-order valence-corrected chi connectivity index (χ3v) is 5.82. The Bertz CT molecular complexity index is 1100. The van der Waals surface area contributed by atoms with Crippen LogP contribution in [0.5, 0.6) is 0 Å². The molecule has 31 heavy (non-hydrogen) atoms. The van der Waals surface area contributed by atoms with Crippen LogP contribution in [0.4, 0.5) is 0 Å². The van der Waals surface area contributed by atoms with Crippen molar-refractivity contribution in [2.24, 2.45) is 0 Å². The summed E-state index contributed by atoms with van der Waals surface area (Å²) in [4.78, 5) is 29.2. The van der Waals surface area contributed by atoms with E-state index in [0.717, 1.165) is 16.8 Å². The minimum Gasteiger partial charge on any atom is -0.339 e. The van der Waals surface area contributed by atoms with Gasteiger partial charge < -0.3 is 9.80 Å². The largest absolute Gasteiger partial charge is 0.339 e. The molecule has 2 aromatic carbocycles. The van der Waals surface area contributed by atoms with Crippen molar-refractivity contribution in [3.63, 3.8) is 0 Å². The van der Waals surface area contributed by atoms with Gasteiger partial charge in [0, 0.05) is 44.4 Å². The standard InChI is InChI=1S/C25H28N4O2/c1-4-23(30)27-12-14-28(15-13-27)25(31)22-17-29(20-8-6-5-7-9-20)26-24(22)21-11-10-18(2)16-19(21)3/h5-11,16-17H,4,12-15H2,1-3H3. The van der Waals surface area contributed by atoms with Gasteiger partial charge in [-0.25, -0.2) is 4.68 Å². The van der Waals surface area contributed by atoms with Gasteiger partial charge in [0.2, 0.25) is 5.91 Å². The molecule has 0 bridgehead atoms. The molecule has 1 aliphatic heterocycles. The van der Waals surface area contributed by atoms with Gasteiger partial charge in [0.1, 0.15) is 5.69 Å². The Balaban J connectivity index is 1.70. The first-order valence-corrected chi connectivity index (χ1v) is 10.8. The third-order valence-electron chi connectivity index (χ3n) is 5.82. The number of carbonyl (C=O) groups is 2. The molecule has 1 aliphatic rings. The van der Waals surface area contributed by atoms with Crippen LogP contribution in [-0.4, -0.2) is 57.6 Å². The van der Waals surface area contributed by atoms with E-state index >= 15 is 0 Å². The number of aryl methyl sites for hydroxylation is 2. The molecule has 0 atom stereocenters. The molecule has 6 nitrogen and oxygen atoms in total. The molecule has 1 aromatic heterocycles. The van der Waals surface area contributed by atoms with Gasteiger partial charge in [-0.05, 0) is 31.5 Å². The van der Waals surface area contributed by atoms with Crippen LogP contribution in [0, 0.1) is 13.8 Å². The molecule has 3 aromatic rings. The van der Waals surface area contributed by atoms with Crippen molar-refractivity contribution in [1.29, 1.82) is 0 Å². The van der Waals surface area contributed by atoms with Crippen LogP contribution in [0.1, 0.15) is 34.8 Å². The van der Waals surface area contributed by atoms with E-state index in [1.807, 2.05) is 72.3 Å². The van der Waals surface area contributed by atoms with Gasteiger partial charge in [-0.1, -0.05) is 48.9 Å². The molecule has 1 saturated heterocycles. The van der Waals surface area contributed by atoms with Gasteiger partial charge in [0.25, 0.3) is 5.91 Å². The number of amides is 2. The SMILES string of the molecule is CCC(=O)N1CCN(C(=O)c2cn(-c3ccccc3)nc2-c2ccc(C)cc2C)CC1. The summed E-state index contributed by atoms with van der Waals surface area (Å²) in [5.74, 6) is 0.0979. The van der Waals surface area contributed by atoms with Gasteiger partial charge in [0.15, 0.2) is 0 Å². The fourth-order valence-corrected chi connectivity index (χ4v) is 4.07. The molecule has 160 valence electrons. The molecule has 0 spiro atoms. The fraction of sp³-hybridized carbons (Fsp3) is 0.320. The van der Waals surface area contributed by atoms with Crippen LogP contribution in [0.3, 0.4) is 0 Å². The molecular weight excluding hydrogens is 388 g/mol. The van der Waals surface area contributed by atoms with E-state index < -0.39 is 0 Å². The smallest absolute Gasteiger partial charge is 0.257 e. The van der Waals surface area contributed by atoms with Crippen molar-refractivity contribution >= 4 is 11.8 Å². The van der Waals surface area contributed by atoms with Crippen LogP contribution < -0.4 is 0 Å². The molecule has 4 rings (SSSR count). The minimum atomic E-state index is -0.0410. The van der Waals surface area contributed by atoms with Crippen molar-refractivity contribution in [3.05, 3.63) is 71.4 Å². The number of rotatable bonds is 4. The number of carbonyl (C=O) groups excluding carboxylic acids is 2. The first kappa shape index (κ1) is 20.8. The summed E-state index contributed by atoms with van der Waals surface area (Å²) in [7, 11) is 0. The number of aromatic nitrogens is 2. The Morgan fingerprint density at radius 3 is 2.26 bits per heavy atom. The van der Waals surface area contributed by atoms with Crippen molar-refractivity contribution in [3.8, 4) is 16.9 Å². The second-order valence-electron chi connectivity index (χ2n) is 8.02. The Labute approximate surface area is 183 Å². The lowest BCUT2D eigenvalue weighted by atomic mass is 10.00. The van der Waals surface area contributed by atoms with Crippen LogP contribution in [0.15, 0.2) is 54.7 Å². The molecule has 6 heteroatoms. The highest BCUT2D eigenvalue weighted by Crippen LogP contribution is 2.28. The fourth-order valence-electron chi connectivity index (χ4n) is 4.07. The van der Waals surface area contributed by atoms with Crippen LogP contribution in [0.25, 0.3) is 16.9 Å². The van der Waals surface area contributed by atoms with Crippen molar-refractivity contribution < 1.29 is 9.59 Å². The summed E-state index contributed by atoms with van der Waals surface area (Å²) in [6, 6.07) is 16.0. The molecule has 2 amide bonds.